The molecule has 0 atom stereocenters. The monoisotopic (exact) mass is 605 g/mol. The number of carbonyl (C=O) groups excluding carboxylic acids is 1. The number of ether oxygens (including phenoxy) is 1. The summed E-state index contributed by atoms with van der Waals surface area (Å²) in [5.74, 6) is -0.602. The maximum atomic E-state index is 13.9. The van der Waals surface area contributed by atoms with Gasteiger partial charge < -0.3 is 4.74 Å². The van der Waals surface area contributed by atoms with Crippen molar-refractivity contribution in [1.29, 1.82) is 0 Å². The third-order valence-corrected chi connectivity index (χ3v) is 14.1. The highest BCUT2D eigenvalue weighted by Gasteiger charge is 2.38. The number of halogens is 1. The fraction of sp³-hybridized carbons (Fsp3) is 0.0645. The van der Waals surface area contributed by atoms with Crippen LogP contribution in [0.1, 0.15) is 10.6 Å². The number of thiazole rings is 1. The summed E-state index contributed by atoms with van der Waals surface area (Å²) in [5.41, 5.74) is 0.925. The summed E-state index contributed by atoms with van der Waals surface area (Å²) in [6.07, 6.45) is 0. The number of methoxy groups -OCH3 is 1. The molecule has 0 bridgehead atoms. The quantitative estimate of drug-likeness (QED) is 0.178. The molecule has 40 heavy (non-hydrogen) atoms. The van der Waals surface area contributed by atoms with Crippen molar-refractivity contribution in [2.75, 3.05) is 7.11 Å². The molecule has 1 aromatic heterocycles. The molecular weight excluding hydrogens is 581 g/mol. The van der Waals surface area contributed by atoms with Gasteiger partial charge in [0.25, 0.3) is 0 Å². The largest absolute Gasteiger partial charge is 0.465 e. The van der Waals surface area contributed by atoms with Gasteiger partial charge in [-0.1, -0.05) is 120 Å². The number of aromatic nitrogens is 1. The zero-order valence-electron chi connectivity index (χ0n) is 21.7. The SMILES string of the molecule is COC(=O)C(c1nc(S(=O)(=O)c2ccc(C)cc2)c(Cl)s1)=P(c1ccccc1)(c1ccccc1)c1ccccc1. The van der Waals surface area contributed by atoms with Crippen LogP contribution in [0.2, 0.25) is 4.34 Å². The van der Waals surface area contributed by atoms with Crippen molar-refractivity contribution in [1.82, 2.24) is 4.98 Å². The van der Waals surface area contributed by atoms with E-state index in [1.165, 1.54) is 19.2 Å². The van der Waals surface area contributed by atoms with Crippen LogP contribution in [0.4, 0.5) is 0 Å². The highest BCUT2D eigenvalue weighted by Crippen LogP contribution is 2.49. The number of carbonyl (C=O) groups is 1. The van der Waals surface area contributed by atoms with E-state index in [1.54, 1.807) is 12.1 Å². The number of esters is 1. The van der Waals surface area contributed by atoms with Gasteiger partial charge >= 0.3 is 5.97 Å². The van der Waals surface area contributed by atoms with Crippen molar-refractivity contribution in [2.45, 2.75) is 16.8 Å². The van der Waals surface area contributed by atoms with E-state index in [9.17, 15) is 13.2 Å². The second-order valence-electron chi connectivity index (χ2n) is 8.93. The third-order valence-electron chi connectivity index (χ3n) is 6.49. The average molecular weight is 606 g/mol. The van der Waals surface area contributed by atoms with Crippen molar-refractivity contribution in [2.24, 2.45) is 0 Å². The zero-order valence-corrected chi connectivity index (χ0v) is 25.0. The van der Waals surface area contributed by atoms with Crippen LogP contribution in [0.25, 0.3) is 0 Å². The van der Waals surface area contributed by atoms with Crippen molar-refractivity contribution >= 4 is 66.8 Å². The molecule has 0 aliphatic heterocycles. The summed E-state index contributed by atoms with van der Waals surface area (Å²) in [4.78, 5) is 18.6. The number of sulfone groups is 1. The molecule has 5 aromatic rings. The van der Waals surface area contributed by atoms with Gasteiger partial charge in [-0.3, -0.25) is 0 Å². The molecule has 9 heteroatoms. The molecule has 202 valence electrons. The molecule has 0 fully saturated rings. The molecule has 5 rings (SSSR count). The molecule has 4 aromatic carbocycles. The van der Waals surface area contributed by atoms with E-state index in [4.69, 9.17) is 16.3 Å². The van der Waals surface area contributed by atoms with Gasteiger partial charge in [0.15, 0.2) is 5.03 Å². The first-order valence-electron chi connectivity index (χ1n) is 12.3. The Morgan fingerprint density at radius 1 is 0.775 bits per heavy atom. The number of rotatable bonds is 7. The molecule has 1 heterocycles. The topological polar surface area (TPSA) is 73.3 Å². The van der Waals surface area contributed by atoms with E-state index in [1.807, 2.05) is 97.9 Å². The molecule has 0 aliphatic rings. The fourth-order valence-corrected chi connectivity index (χ4v) is 12.3. The van der Waals surface area contributed by atoms with Crippen molar-refractivity contribution in [3.63, 3.8) is 0 Å². The van der Waals surface area contributed by atoms with Gasteiger partial charge in [0.05, 0.1) is 12.0 Å². The van der Waals surface area contributed by atoms with Crippen LogP contribution in [0.3, 0.4) is 0 Å². The molecule has 0 saturated heterocycles. The van der Waals surface area contributed by atoms with Crippen LogP contribution in [0.15, 0.2) is 125 Å². The van der Waals surface area contributed by atoms with E-state index >= 15 is 0 Å². The smallest absolute Gasteiger partial charge is 0.341 e. The van der Waals surface area contributed by atoms with E-state index in [2.05, 4.69) is 4.98 Å². The summed E-state index contributed by atoms with van der Waals surface area (Å²) in [7, 11) is -2.74. The molecule has 0 spiro atoms. The van der Waals surface area contributed by atoms with Crippen molar-refractivity contribution in [3.8, 4) is 0 Å². The lowest BCUT2D eigenvalue weighted by Gasteiger charge is -2.31. The lowest BCUT2D eigenvalue weighted by molar-refractivity contribution is -0.132. The average Bonchev–Trinajstić information content (AvgIpc) is 3.38. The van der Waals surface area contributed by atoms with E-state index in [0.717, 1.165) is 32.8 Å². The van der Waals surface area contributed by atoms with Crippen molar-refractivity contribution in [3.05, 3.63) is 130 Å². The van der Waals surface area contributed by atoms with E-state index in [-0.39, 0.29) is 24.6 Å². The van der Waals surface area contributed by atoms with Crippen molar-refractivity contribution < 1.29 is 17.9 Å². The van der Waals surface area contributed by atoms with E-state index in [0.29, 0.717) is 0 Å². The molecular formula is C31H25ClNO4PS2. The predicted octanol–water partition coefficient (Wildman–Crippen LogP) is 5.63. The lowest BCUT2D eigenvalue weighted by Crippen LogP contribution is -2.34. The minimum atomic E-state index is -4.06. The summed E-state index contributed by atoms with van der Waals surface area (Å²) in [5, 5.41) is 2.86. The third kappa shape index (κ3) is 4.95. The minimum Gasteiger partial charge on any atom is -0.465 e. The Morgan fingerprint density at radius 2 is 1.23 bits per heavy atom. The van der Waals surface area contributed by atoms with Gasteiger partial charge in [-0.15, -0.1) is 11.3 Å². The first kappa shape index (κ1) is 28.1. The summed E-state index contributed by atoms with van der Waals surface area (Å²) in [6, 6.07) is 35.7. The highest BCUT2D eigenvalue weighted by molar-refractivity contribution is 7.97. The number of hydrogen-bond acceptors (Lipinski definition) is 6. The van der Waals surface area contributed by atoms with Crippen LogP contribution < -0.4 is 15.9 Å². The summed E-state index contributed by atoms with van der Waals surface area (Å²) < 4.78 is 32.7. The number of nitrogens with zero attached hydrogens (tertiary/aromatic N) is 1. The lowest BCUT2D eigenvalue weighted by atomic mass is 10.2. The maximum Gasteiger partial charge on any atom is 0.341 e. The van der Waals surface area contributed by atoms with Gasteiger partial charge in [0, 0.05) is 0 Å². The zero-order chi connectivity index (χ0) is 28.3. The Balaban J connectivity index is 1.94. The summed E-state index contributed by atoms with van der Waals surface area (Å²) >= 11 is 7.58. The first-order chi connectivity index (χ1) is 19.3. The standard InChI is InChI=1S/C31H25ClNO4PS2/c1-22-18-20-26(21-19-22)40(35,36)30-28(32)39-29(33-30)27(31(34)37-2)38(23-12-6-3-7-13-23,24-14-8-4-9-15-24)25-16-10-5-11-17-25/h3-21H,1-2H3. The molecule has 0 aliphatic carbocycles. The molecule has 0 amide bonds. The second-order valence-corrected chi connectivity index (χ2v) is 15.7. The Hall–Kier alpha value is -3.48. The van der Waals surface area contributed by atoms with Crippen LogP contribution in [0.5, 0.6) is 0 Å². The van der Waals surface area contributed by atoms with Gasteiger partial charge in [-0.25, -0.2) is 18.2 Å². The van der Waals surface area contributed by atoms with Crippen LogP contribution in [-0.2, 0) is 19.4 Å². The minimum absolute atomic E-state index is 0.0238. The number of aryl methyl sites for hydroxylation is 1. The van der Waals surface area contributed by atoms with Gasteiger partial charge in [0.1, 0.15) is 14.6 Å². The molecule has 0 unspecified atom stereocenters. The Kier molecular flexibility index (Phi) is 8.11. The second kappa shape index (κ2) is 11.6. The predicted molar refractivity (Wildman–Crippen MR) is 165 cm³/mol. The van der Waals surface area contributed by atoms with Gasteiger partial charge in [-0.05, 0) is 41.9 Å². The molecule has 0 saturated carbocycles. The van der Waals surface area contributed by atoms with Crippen LogP contribution in [0, 0.1) is 6.92 Å². The Bertz CT molecular complexity index is 1720. The molecule has 0 N–H and O–H groups in total. The molecule has 0 radical (unpaired) electrons. The number of benzene rings is 4. The van der Waals surface area contributed by atoms with E-state index < -0.39 is 22.7 Å². The van der Waals surface area contributed by atoms with Gasteiger partial charge in [0.2, 0.25) is 9.84 Å². The highest BCUT2D eigenvalue weighted by atomic mass is 35.5. The van der Waals surface area contributed by atoms with Gasteiger partial charge in [-0.2, -0.15) is 0 Å². The van der Waals surface area contributed by atoms with Crippen LogP contribution in [-0.4, -0.2) is 31.8 Å². The molecule has 5 nitrogen and oxygen atoms in total. The Morgan fingerprint density at radius 3 is 1.65 bits per heavy atom. The Labute approximate surface area is 243 Å². The first-order valence-corrected chi connectivity index (χ1v) is 16.8. The normalized spacial score (nSPS) is 11.7. The maximum absolute atomic E-state index is 13.9. The number of hydrogen-bond donors (Lipinski definition) is 0. The fourth-order valence-electron chi connectivity index (χ4n) is 4.64. The van der Waals surface area contributed by atoms with Crippen LogP contribution >= 0.6 is 29.8 Å². The summed E-state index contributed by atoms with van der Waals surface area (Å²) in [6.45, 7) is -1.08.